The molecule has 4 aliphatic heterocycles. The first-order chi connectivity index (χ1) is 21.2. The minimum Gasteiger partial charge on any atom is -0.394 e. The summed E-state index contributed by atoms with van der Waals surface area (Å²) >= 11 is 0. The minimum atomic E-state index is -1.99. The summed E-state index contributed by atoms with van der Waals surface area (Å²) in [6.45, 7) is -2.93. The van der Waals surface area contributed by atoms with Crippen LogP contribution in [0.4, 0.5) is 0 Å². The largest absolute Gasteiger partial charge is 0.394 e. The van der Waals surface area contributed by atoms with E-state index in [2.05, 4.69) is 0 Å². The third kappa shape index (κ3) is 7.75. The lowest BCUT2D eigenvalue weighted by atomic mass is 9.96. The quantitative estimate of drug-likeness (QED) is 0.103. The van der Waals surface area contributed by atoms with Gasteiger partial charge in [-0.3, -0.25) is 0 Å². The predicted octanol–water partition coefficient (Wildman–Crippen LogP) is -9.75. The Balaban J connectivity index is 1.41. The second kappa shape index (κ2) is 15.6. The molecule has 0 spiro atoms. The van der Waals surface area contributed by atoms with Gasteiger partial charge in [0.1, 0.15) is 97.7 Å². The zero-order valence-corrected chi connectivity index (χ0v) is 23.5. The van der Waals surface area contributed by atoms with Gasteiger partial charge < -0.3 is 105 Å². The number of aliphatic hydroxyl groups excluding tert-OH is 14. The van der Waals surface area contributed by atoms with Gasteiger partial charge in [0.25, 0.3) is 0 Å². The Kier molecular flexibility index (Phi) is 12.8. The van der Waals surface area contributed by atoms with Crippen molar-refractivity contribution in [3.8, 4) is 0 Å². The molecule has 0 bridgehead atoms. The Morgan fingerprint density at radius 2 is 0.778 bits per heavy atom. The fourth-order valence-corrected chi connectivity index (χ4v) is 5.33. The second-order valence-corrected chi connectivity index (χ2v) is 11.2. The van der Waals surface area contributed by atoms with Gasteiger partial charge in [0.2, 0.25) is 0 Å². The van der Waals surface area contributed by atoms with Gasteiger partial charge in [0, 0.05) is 0 Å². The van der Waals surface area contributed by atoms with Gasteiger partial charge in [-0.2, -0.15) is 0 Å². The summed E-state index contributed by atoms with van der Waals surface area (Å²) in [5, 5.41) is 142. The highest BCUT2D eigenvalue weighted by Crippen LogP contribution is 2.31. The molecule has 0 unspecified atom stereocenters. The van der Waals surface area contributed by atoms with Gasteiger partial charge in [-0.05, 0) is 0 Å². The summed E-state index contributed by atoms with van der Waals surface area (Å²) in [6.07, 6.45) is -34.8. The van der Waals surface area contributed by atoms with E-state index >= 15 is 0 Å². The van der Waals surface area contributed by atoms with Gasteiger partial charge in [-0.15, -0.1) is 0 Å². The zero-order valence-electron chi connectivity index (χ0n) is 23.5. The van der Waals surface area contributed by atoms with E-state index in [1.165, 1.54) is 0 Å². The van der Waals surface area contributed by atoms with Crippen molar-refractivity contribution in [2.45, 2.75) is 123 Å². The Hall–Kier alpha value is -0.840. The first kappa shape index (κ1) is 37.0. The van der Waals surface area contributed by atoms with Crippen molar-refractivity contribution in [3.63, 3.8) is 0 Å². The average Bonchev–Trinajstić information content (AvgIpc) is 3.02. The van der Waals surface area contributed by atoms with E-state index in [9.17, 15) is 71.5 Å². The maximum Gasteiger partial charge on any atom is 0.187 e. The third-order valence-electron chi connectivity index (χ3n) is 8.17. The molecule has 0 aromatic rings. The lowest BCUT2D eigenvalue weighted by Gasteiger charge is -2.46. The van der Waals surface area contributed by atoms with Crippen LogP contribution in [0.3, 0.4) is 0 Å². The highest BCUT2D eigenvalue weighted by atomic mass is 16.8. The number of ether oxygens (including phenoxy) is 7. The van der Waals surface area contributed by atoms with Crippen LogP contribution in [0.2, 0.25) is 0 Å². The van der Waals surface area contributed by atoms with E-state index in [0.29, 0.717) is 0 Å². The van der Waals surface area contributed by atoms with Crippen LogP contribution in [0.25, 0.3) is 0 Å². The normalized spacial score (nSPS) is 52.9. The lowest BCUT2D eigenvalue weighted by Crippen LogP contribution is -2.65. The Bertz CT molecular complexity index is 916. The molecular weight excluding hydrogens is 624 g/mol. The van der Waals surface area contributed by atoms with Gasteiger partial charge in [0.05, 0.1) is 26.4 Å². The molecule has 21 heteroatoms. The summed E-state index contributed by atoms with van der Waals surface area (Å²) in [5.74, 6) is 0. The molecule has 45 heavy (non-hydrogen) atoms. The molecule has 0 aromatic carbocycles. The van der Waals surface area contributed by atoms with Crippen LogP contribution in [-0.4, -0.2) is 221 Å². The molecule has 0 amide bonds. The van der Waals surface area contributed by atoms with Crippen LogP contribution in [-0.2, 0) is 33.2 Å². The Morgan fingerprint density at radius 1 is 0.378 bits per heavy atom. The van der Waals surface area contributed by atoms with E-state index in [4.69, 9.17) is 33.2 Å². The molecule has 4 rings (SSSR count). The third-order valence-corrected chi connectivity index (χ3v) is 8.17. The molecule has 0 saturated carbocycles. The summed E-state index contributed by atoms with van der Waals surface area (Å²) in [7, 11) is 0. The van der Waals surface area contributed by atoms with E-state index < -0.39 is 149 Å². The smallest absolute Gasteiger partial charge is 0.187 e. The second-order valence-electron chi connectivity index (χ2n) is 11.2. The average molecular weight is 667 g/mol. The number of hydrogen-bond donors (Lipinski definition) is 14. The first-order valence-electron chi connectivity index (χ1n) is 14.1. The van der Waals surface area contributed by atoms with Gasteiger partial charge in [-0.1, -0.05) is 0 Å². The standard InChI is InChI=1S/C24H42O21/c25-1-5-9(27)14(32)17(35)22(42-5)39-4-8-11(29)15(33)18(36)24(44-8)45-20-12(30)6(2-26)43-23(19(20)37)40-3-7-10(28)13(31)16(34)21(38)41-7/h5-38H,1-4H2/t5-,6-,7-,8-,9-,10-,11-,12-,13+,14+,15+,16-,17-,18-,19-,20+,21-,22+,23+,24-/m1/s1. The predicted molar refractivity (Wildman–Crippen MR) is 134 cm³/mol. The highest BCUT2D eigenvalue weighted by molar-refractivity contribution is 4.95. The molecule has 0 radical (unpaired) electrons. The lowest BCUT2D eigenvalue weighted by molar-refractivity contribution is -0.369. The van der Waals surface area contributed by atoms with Crippen molar-refractivity contribution in [1.82, 2.24) is 0 Å². The van der Waals surface area contributed by atoms with Crippen molar-refractivity contribution in [3.05, 3.63) is 0 Å². The molecule has 264 valence electrons. The molecule has 4 aliphatic rings. The van der Waals surface area contributed by atoms with E-state index in [-0.39, 0.29) is 0 Å². The van der Waals surface area contributed by atoms with E-state index in [1.807, 2.05) is 0 Å². The van der Waals surface area contributed by atoms with Crippen molar-refractivity contribution in [2.75, 3.05) is 26.4 Å². The maximum absolute atomic E-state index is 10.9. The van der Waals surface area contributed by atoms with E-state index in [1.54, 1.807) is 0 Å². The monoisotopic (exact) mass is 666 g/mol. The SMILES string of the molecule is OC[C@H]1O[C@H](OC[C@H]2O[C@H](O[C@@H]3[C@@H](O)[C@@H](OC[C@H]4O[C@@H](O)[C@H](O)[C@@H](O)[C@@H]4O)O[C@H](CO)[C@H]3O)[C@H](O)[C@@H](O)[C@@H]2O)[C@H](O)[C@@H](O)[C@@H]1O. The summed E-state index contributed by atoms with van der Waals surface area (Å²) in [5.41, 5.74) is 0. The molecule has 4 fully saturated rings. The van der Waals surface area contributed by atoms with Gasteiger partial charge in [0.15, 0.2) is 25.2 Å². The molecule has 14 N–H and O–H groups in total. The summed E-state index contributed by atoms with van der Waals surface area (Å²) in [6, 6.07) is 0. The van der Waals surface area contributed by atoms with Crippen LogP contribution in [0, 0.1) is 0 Å². The topological polar surface area (TPSA) is 348 Å². The summed E-state index contributed by atoms with van der Waals surface area (Å²) < 4.78 is 37.4. The molecule has 4 heterocycles. The van der Waals surface area contributed by atoms with Crippen LogP contribution >= 0.6 is 0 Å². The number of rotatable bonds is 10. The van der Waals surface area contributed by atoms with Crippen molar-refractivity contribution in [2.24, 2.45) is 0 Å². The van der Waals surface area contributed by atoms with Crippen LogP contribution in [0.1, 0.15) is 0 Å². The zero-order chi connectivity index (χ0) is 33.3. The molecule has 0 aliphatic carbocycles. The van der Waals surface area contributed by atoms with Crippen LogP contribution < -0.4 is 0 Å². The molecule has 0 aromatic heterocycles. The van der Waals surface area contributed by atoms with Gasteiger partial charge in [-0.25, -0.2) is 0 Å². The van der Waals surface area contributed by atoms with Crippen molar-refractivity contribution in [1.29, 1.82) is 0 Å². The molecule has 20 atom stereocenters. The van der Waals surface area contributed by atoms with Crippen molar-refractivity contribution < 1.29 is 105 Å². The minimum absolute atomic E-state index is 0.657. The van der Waals surface area contributed by atoms with Crippen LogP contribution in [0.5, 0.6) is 0 Å². The summed E-state index contributed by atoms with van der Waals surface area (Å²) in [4.78, 5) is 0. The molecular formula is C24H42O21. The van der Waals surface area contributed by atoms with E-state index in [0.717, 1.165) is 0 Å². The Morgan fingerprint density at radius 3 is 1.31 bits per heavy atom. The fraction of sp³-hybridized carbons (Fsp3) is 1.00. The van der Waals surface area contributed by atoms with Crippen molar-refractivity contribution >= 4 is 0 Å². The highest BCUT2D eigenvalue weighted by Gasteiger charge is 2.52. The van der Waals surface area contributed by atoms with Crippen LogP contribution in [0.15, 0.2) is 0 Å². The molecule has 21 nitrogen and oxygen atoms in total. The maximum atomic E-state index is 10.9. The van der Waals surface area contributed by atoms with Gasteiger partial charge >= 0.3 is 0 Å². The molecule has 4 saturated heterocycles. The first-order valence-corrected chi connectivity index (χ1v) is 14.1. The Labute approximate surface area is 254 Å². The number of aliphatic hydroxyl groups is 14. The number of hydrogen-bond acceptors (Lipinski definition) is 21. The fourth-order valence-electron chi connectivity index (χ4n) is 5.33.